The third kappa shape index (κ3) is 7.77. The van der Waals surface area contributed by atoms with Gasteiger partial charge in [-0.05, 0) is 96.2 Å². The minimum absolute atomic E-state index is 0.0309. The van der Waals surface area contributed by atoms with Crippen molar-refractivity contribution >= 4 is 22.3 Å². The van der Waals surface area contributed by atoms with Crippen LogP contribution in [0.5, 0.6) is 0 Å². The van der Waals surface area contributed by atoms with E-state index in [9.17, 15) is 13.2 Å². The summed E-state index contributed by atoms with van der Waals surface area (Å²) in [5, 5.41) is 11.5. The molecule has 0 saturated heterocycles. The Kier molecular flexibility index (Phi) is 11.4. The first-order valence-electron chi connectivity index (χ1n) is 12.9. The number of nitrogens with one attached hydrogen (secondary N) is 2. The van der Waals surface area contributed by atoms with Crippen molar-refractivity contribution in [2.45, 2.75) is 45.7 Å². The van der Waals surface area contributed by atoms with Crippen LogP contribution >= 0.6 is 0 Å². The fourth-order valence-corrected chi connectivity index (χ4v) is 4.58. The van der Waals surface area contributed by atoms with Crippen molar-refractivity contribution in [2.75, 3.05) is 40.0 Å². The first kappa shape index (κ1) is 31.7. The zero-order valence-corrected chi connectivity index (χ0v) is 23.5. The maximum absolute atomic E-state index is 13.9. The van der Waals surface area contributed by atoms with Crippen LogP contribution in [-0.4, -0.2) is 54.8 Å². The summed E-state index contributed by atoms with van der Waals surface area (Å²) in [5.41, 5.74) is 13.8. The van der Waals surface area contributed by atoms with E-state index >= 15 is 0 Å². The standard InChI is InChI=1S/C22H21F3N4.C6H14N2.CH5N/c1-11-7-8-13(10-28-11)20-15-6-4-3-5-14(15)19-18(12(2)26)17(27)9-16(21(19)29-20)22(23,24)25;1-4-7-5-6-8(2)3;1-2/h7-10,26H,3-6,27H2,1-2H3;4,7H,1,5-6H2,2-3H3;2H2,1H3. The number of nitrogens with two attached hydrogens (primary N) is 2. The molecule has 212 valence electrons. The molecule has 0 spiro atoms. The van der Waals surface area contributed by atoms with E-state index in [4.69, 9.17) is 11.1 Å². The molecule has 4 rings (SSSR count). The predicted octanol–water partition coefficient (Wildman–Crippen LogP) is 5.33. The highest BCUT2D eigenvalue weighted by Crippen LogP contribution is 2.43. The zero-order valence-electron chi connectivity index (χ0n) is 23.5. The number of anilines is 1. The van der Waals surface area contributed by atoms with E-state index in [-0.39, 0.29) is 16.9 Å². The number of nitrogens with zero attached hydrogens (tertiary/aromatic N) is 3. The number of fused-ring (bicyclic) bond motifs is 3. The van der Waals surface area contributed by atoms with Gasteiger partial charge in [0.25, 0.3) is 0 Å². The lowest BCUT2D eigenvalue weighted by molar-refractivity contribution is -0.136. The van der Waals surface area contributed by atoms with E-state index in [2.05, 4.69) is 32.5 Å². The second kappa shape index (κ2) is 14.0. The van der Waals surface area contributed by atoms with Gasteiger partial charge in [-0.1, -0.05) is 6.58 Å². The predicted molar refractivity (Wildman–Crippen MR) is 155 cm³/mol. The van der Waals surface area contributed by atoms with Gasteiger partial charge in [0.15, 0.2) is 0 Å². The molecular weight excluding hydrogens is 503 g/mol. The van der Waals surface area contributed by atoms with Gasteiger partial charge < -0.3 is 27.1 Å². The topological polar surface area (TPSA) is 117 Å². The number of nitrogen functional groups attached to an aromatic ring is 1. The van der Waals surface area contributed by atoms with Crippen molar-refractivity contribution in [2.24, 2.45) is 5.73 Å². The lowest BCUT2D eigenvalue weighted by Gasteiger charge is -2.25. The van der Waals surface area contributed by atoms with E-state index in [0.717, 1.165) is 55.2 Å². The number of likely N-dealkylation sites (N-methyl/N-ethyl adjacent to an activating group) is 1. The third-order valence-corrected chi connectivity index (χ3v) is 6.32. The van der Waals surface area contributed by atoms with Crippen LogP contribution in [0.1, 0.15) is 47.7 Å². The van der Waals surface area contributed by atoms with Crippen LogP contribution in [0.3, 0.4) is 0 Å². The molecule has 2 aromatic heterocycles. The van der Waals surface area contributed by atoms with Crippen molar-refractivity contribution in [3.05, 3.63) is 65.1 Å². The number of pyridine rings is 2. The summed E-state index contributed by atoms with van der Waals surface area (Å²) in [5.74, 6) is 0. The molecule has 3 aromatic rings. The molecule has 0 saturated carbocycles. The zero-order chi connectivity index (χ0) is 29.3. The molecule has 0 unspecified atom stereocenters. The van der Waals surface area contributed by atoms with Gasteiger partial charge in [-0.2, -0.15) is 13.2 Å². The Labute approximate surface area is 229 Å². The van der Waals surface area contributed by atoms with Crippen LogP contribution in [0.2, 0.25) is 0 Å². The summed E-state index contributed by atoms with van der Waals surface area (Å²) in [4.78, 5) is 10.9. The van der Waals surface area contributed by atoms with Crippen LogP contribution in [-0.2, 0) is 19.0 Å². The van der Waals surface area contributed by atoms with Crippen LogP contribution in [0, 0.1) is 12.3 Å². The van der Waals surface area contributed by atoms with E-state index in [1.54, 1.807) is 19.3 Å². The smallest absolute Gasteiger partial charge is 0.398 e. The van der Waals surface area contributed by atoms with Crippen molar-refractivity contribution < 1.29 is 13.2 Å². The van der Waals surface area contributed by atoms with E-state index < -0.39 is 11.7 Å². The molecule has 0 amide bonds. The SMILES string of the molecule is C=CNCCN(C)C.CC(=N)c1c(N)cc(C(F)(F)F)c2nc(-c3ccc(C)nc3)c3c(c12)CCCC3.CN. The largest absolute Gasteiger partial charge is 0.418 e. The van der Waals surface area contributed by atoms with Gasteiger partial charge in [0.05, 0.1) is 16.8 Å². The van der Waals surface area contributed by atoms with Gasteiger partial charge in [0, 0.05) is 52.9 Å². The maximum Gasteiger partial charge on any atom is 0.418 e. The van der Waals surface area contributed by atoms with Crippen molar-refractivity contribution in [1.82, 2.24) is 20.2 Å². The molecule has 10 heteroatoms. The Bertz CT molecular complexity index is 1280. The first-order chi connectivity index (χ1) is 18.5. The summed E-state index contributed by atoms with van der Waals surface area (Å²) < 4.78 is 41.7. The lowest BCUT2D eigenvalue weighted by Crippen LogP contribution is -2.22. The monoisotopic (exact) mass is 543 g/mol. The van der Waals surface area contributed by atoms with Gasteiger partial charge in [-0.3, -0.25) is 4.98 Å². The van der Waals surface area contributed by atoms with Crippen LogP contribution in [0.15, 0.2) is 37.2 Å². The van der Waals surface area contributed by atoms with Crippen LogP contribution in [0.25, 0.3) is 22.2 Å². The second-order valence-electron chi connectivity index (χ2n) is 9.51. The third-order valence-electron chi connectivity index (χ3n) is 6.32. The molecule has 6 N–H and O–H groups in total. The Morgan fingerprint density at radius 3 is 2.33 bits per heavy atom. The fraction of sp³-hybridized carbons (Fsp3) is 0.414. The average molecular weight is 544 g/mol. The summed E-state index contributed by atoms with van der Waals surface area (Å²) in [6.45, 7) is 8.98. The van der Waals surface area contributed by atoms with Crippen molar-refractivity contribution in [3.8, 4) is 11.3 Å². The quantitative estimate of drug-likeness (QED) is 0.190. The second-order valence-corrected chi connectivity index (χ2v) is 9.51. The highest BCUT2D eigenvalue weighted by atomic mass is 19.4. The Morgan fingerprint density at radius 1 is 1.18 bits per heavy atom. The molecule has 39 heavy (non-hydrogen) atoms. The number of rotatable bonds is 6. The van der Waals surface area contributed by atoms with E-state index in [1.807, 2.05) is 33.2 Å². The minimum atomic E-state index is -4.60. The summed E-state index contributed by atoms with van der Waals surface area (Å²) in [6.07, 6.45) is 1.97. The first-order valence-corrected chi connectivity index (χ1v) is 12.9. The van der Waals surface area contributed by atoms with Gasteiger partial charge in [-0.15, -0.1) is 0 Å². The highest BCUT2D eigenvalue weighted by Gasteiger charge is 2.36. The van der Waals surface area contributed by atoms with E-state index in [1.165, 1.54) is 7.05 Å². The van der Waals surface area contributed by atoms with Gasteiger partial charge in [-0.25, -0.2) is 4.98 Å². The molecule has 1 aromatic carbocycles. The Balaban J connectivity index is 0.000000460. The molecule has 2 heterocycles. The summed E-state index contributed by atoms with van der Waals surface area (Å²) >= 11 is 0. The van der Waals surface area contributed by atoms with Gasteiger partial charge in [0.2, 0.25) is 0 Å². The molecule has 7 nitrogen and oxygen atoms in total. The molecule has 0 aliphatic heterocycles. The highest BCUT2D eigenvalue weighted by molar-refractivity contribution is 6.14. The minimum Gasteiger partial charge on any atom is -0.398 e. The number of alkyl halides is 3. The number of hydrogen-bond donors (Lipinski definition) is 4. The molecule has 1 aliphatic carbocycles. The molecule has 0 radical (unpaired) electrons. The number of hydrogen-bond acceptors (Lipinski definition) is 7. The number of halogens is 3. The van der Waals surface area contributed by atoms with Gasteiger partial charge in [0.1, 0.15) is 0 Å². The fourth-order valence-electron chi connectivity index (χ4n) is 4.58. The molecular formula is C29H40F3N7. The Morgan fingerprint density at radius 2 is 1.82 bits per heavy atom. The number of benzene rings is 1. The Hall–Kier alpha value is -3.50. The lowest BCUT2D eigenvalue weighted by atomic mass is 9.83. The van der Waals surface area contributed by atoms with Crippen LogP contribution in [0.4, 0.5) is 18.9 Å². The molecule has 0 bridgehead atoms. The maximum atomic E-state index is 13.9. The van der Waals surface area contributed by atoms with Crippen molar-refractivity contribution in [3.63, 3.8) is 0 Å². The average Bonchev–Trinajstić information content (AvgIpc) is 2.89. The number of aryl methyl sites for hydroxylation is 2. The van der Waals surface area contributed by atoms with Crippen molar-refractivity contribution in [1.29, 1.82) is 5.41 Å². The summed E-state index contributed by atoms with van der Waals surface area (Å²) in [7, 11) is 5.59. The molecule has 0 fully saturated rings. The van der Waals surface area contributed by atoms with Gasteiger partial charge >= 0.3 is 6.18 Å². The normalized spacial score (nSPS) is 12.6. The molecule has 0 atom stereocenters. The number of aromatic nitrogens is 2. The molecule has 1 aliphatic rings. The van der Waals surface area contributed by atoms with Crippen LogP contribution < -0.4 is 16.8 Å². The summed E-state index contributed by atoms with van der Waals surface area (Å²) in [6, 6.07) is 4.59. The van der Waals surface area contributed by atoms with E-state index in [0.29, 0.717) is 28.6 Å².